The zero-order valence-electron chi connectivity index (χ0n) is 14.0. The Kier molecular flexibility index (Phi) is 5.09. The lowest BCUT2D eigenvalue weighted by atomic mass is 9.77. The number of ether oxygens (including phenoxy) is 3. The molecule has 0 unspecified atom stereocenters. The summed E-state index contributed by atoms with van der Waals surface area (Å²) >= 11 is 0. The Balaban J connectivity index is 2.27. The van der Waals surface area contributed by atoms with E-state index < -0.39 is 0 Å². The molecule has 0 heterocycles. The van der Waals surface area contributed by atoms with Crippen LogP contribution in [0.1, 0.15) is 30.5 Å². The van der Waals surface area contributed by atoms with E-state index in [1.807, 2.05) is 18.2 Å². The first-order chi connectivity index (χ1) is 10.5. The van der Waals surface area contributed by atoms with Gasteiger partial charge in [0.1, 0.15) is 11.5 Å². The molecule has 0 aliphatic heterocycles. The lowest BCUT2D eigenvalue weighted by Gasteiger charge is -2.27. The van der Waals surface area contributed by atoms with Crippen molar-refractivity contribution in [3.05, 3.63) is 59.2 Å². The van der Waals surface area contributed by atoms with E-state index >= 15 is 0 Å². The number of benzene rings is 2. The molecule has 0 aliphatic rings. The van der Waals surface area contributed by atoms with Crippen LogP contribution in [-0.2, 0) is 10.2 Å². The standard InChI is InChI=1S/C19H24O3/c1-14-12-16(8-11-18(14)21-5)19(2,3)15-6-9-17(10-7-15)22-13-20-4/h6-12H,13H2,1-5H3. The average Bonchev–Trinajstić information content (AvgIpc) is 2.53. The second kappa shape index (κ2) is 6.84. The average molecular weight is 300 g/mol. The highest BCUT2D eigenvalue weighted by Crippen LogP contribution is 2.34. The lowest BCUT2D eigenvalue weighted by molar-refractivity contribution is 0.0511. The Morgan fingerprint density at radius 2 is 1.55 bits per heavy atom. The highest BCUT2D eigenvalue weighted by atomic mass is 16.7. The van der Waals surface area contributed by atoms with Crippen molar-refractivity contribution < 1.29 is 14.2 Å². The van der Waals surface area contributed by atoms with E-state index in [2.05, 4.69) is 45.0 Å². The monoisotopic (exact) mass is 300 g/mol. The summed E-state index contributed by atoms with van der Waals surface area (Å²) in [5.74, 6) is 1.73. The molecule has 0 aromatic heterocycles. The molecular weight excluding hydrogens is 276 g/mol. The minimum absolute atomic E-state index is 0.0865. The fourth-order valence-corrected chi connectivity index (χ4v) is 2.53. The van der Waals surface area contributed by atoms with E-state index in [-0.39, 0.29) is 12.2 Å². The van der Waals surface area contributed by atoms with Gasteiger partial charge in [-0.05, 0) is 41.8 Å². The number of aryl methyl sites for hydroxylation is 1. The Labute approximate surface area is 132 Å². The zero-order chi connectivity index (χ0) is 16.2. The van der Waals surface area contributed by atoms with Crippen LogP contribution < -0.4 is 9.47 Å². The molecule has 0 radical (unpaired) electrons. The summed E-state index contributed by atoms with van der Waals surface area (Å²) in [7, 11) is 3.31. The van der Waals surface area contributed by atoms with Gasteiger partial charge in [-0.1, -0.05) is 38.1 Å². The Morgan fingerprint density at radius 1 is 0.909 bits per heavy atom. The second-order valence-corrected chi connectivity index (χ2v) is 5.88. The van der Waals surface area contributed by atoms with Crippen molar-refractivity contribution in [2.24, 2.45) is 0 Å². The normalized spacial score (nSPS) is 11.3. The van der Waals surface area contributed by atoms with Crippen LogP contribution in [0.5, 0.6) is 11.5 Å². The molecule has 0 saturated carbocycles. The van der Waals surface area contributed by atoms with Gasteiger partial charge in [0.15, 0.2) is 6.79 Å². The molecule has 0 bridgehead atoms. The van der Waals surface area contributed by atoms with Gasteiger partial charge in [0.25, 0.3) is 0 Å². The fraction of sp³-hybridized carbons (Fsp3) is 0.368. The number of hydrogen-bond acceptors (Lipinski definition) is 3. The molecule has 118 valence electrons. The van der Waals surface area contributed by atoms with Crippen molar-refractivity contribution in [1.29, 1.82) is 0 Å². The van der Waals surface area contributed by atoms with Crippen molar-refractivity contribution in [3.8, 4) is 11.5 Å². The lowest BCUT2D eigenvalue weighted by Crippen LogP contribution is -2.19. The van der Waals surface area contributed by atoms with Gasteiger partial charge < -0.3 is 14.2 Å². The molecule has 22 heavy (non-hydrogen) atoms. The van der Waals surface area contributed by atoms with Crippen LogP contribution in [0.4, 0.5) is 0 Å². The first-order valence-corrected chi connectivity index (χ1v) is 7.36. The maximum atomic E-state index is 5.44. The minimum atomic E-state index is -0.0865. The first kappa shape index (κ1) is 16.4. The Hall–Kier alpha value is -2.00. The van der Waals surface area contributed by atoms with Crippen LogP contribution in [0.3, 0.4) is 0 Å². The van der Waals surface area contributed by atoms with E-state index in [0.29, 0.717) is 0 Å². The maximum Gasteiger partial charge on any atom is 0.188 e. The summed E-state index contributed by atoms with van der Waals surface area (Å²) in [4.78, 5) is 0. The third-order valence-corrected chi connectivity index (χ3v) is 4.04. The summed E-state index contributed by atoms with van der Waals surface area (Å²) in [6, 6.07) is 14.5. The fourth-order valence-electron chi connectivity index (χ4n) is 2.53. The highest BCUT2D eigenvalue weighted by Gasteiger charge is 2.23. The summed E-state index contributed by atoms with van der Waals surface area (Å²) in [6.45, 7) is 6.78. The van der Waals surface area contributed by atoms with E-state index in [4.69, 9.17) is 14.2 Å². The summed E-state index contributed by atoms with van der Waals surface area (Å²) in [6.07, 6.45) is 0. The van der Waals surface area contributed by atoms with Crippen molar-refractivity contribution >= 4 is 0 Å². The smallest absolute Gasteiger partial charge is 0.188 e. The molecule has 0 saturated heterocycles. The van der Waals surface area contributed by atoms with Crippen LogP contribution >= 0.6 is 0 Å². The molecule has 0 N–H and O–H groups in total. The summed E-state index contributed by atoms with van der Waals surface area (Å²) < 4.78 is 15.7. The van der Waals surface area contributed by atoms with Crippen LogP contribution in [-0.4, -0.2) is 21.0 Å². The SMILES string of the molecule is COCOc1ccc(C(C)(C)c2ccc(OC)c(C)c2)cc1. The highest BCUT2D eigenvalue weighted by molar-refractivity contribution is 5.44. The summed E-state index contributed by atoms with van der Waals surface area (Å²) in [5.41, 5.74) is 3.56. The number of rotatable bonds is 6. The molecular formula is C19H24O3. The topological polar surface area (TPSA) is 27.7 Å². The molecule has 2 rings (SSSR count). The van der Waals surface area contributed by atoms with Gasteiger partial charge >= 0.3 is 0 Å². The second-order valence-electron chi connectivity index (χ2n) is 5.88. The maximum absolute atomic E-state index is 5.44. The minimum Gasteiger partial charge on any atom is -0.496 e. The van der Waals surface area contributed by atoms with Crippen molar-refractivity contribution in [3.63, 3.8) is 0 Å². The Bertz CT molecular complexity index is 615. The van der Waals surface area contributed by atoms with Crippen LogP contribution in [0.15, 0.2) is 42.5 Å². The van der Waals surface area contributed by atoms with Crippen LogP contribution in [0.25, 0.3) is 0 Å². The predicted octanol–water partition coefficient (Wildman–Crippen LogP) is 4.31. The third kappa shape index (κ3) is 3.42. The van der Waals surface area contributed by atoms with Gasteiger partial charge in [-0.25, -0.2) is 0 Å². The van der Waals surface area contributed by atoms with Crippen molar-refractivity contribution in [1.82, 2.24) is 0 Å². The molecule has 3 heteroatoms. The Morgan fingerprint density at radius 3 is 2.09 bits per heavy atom. The van der Waals surface area contributed by atoms with E-state index in [0.717, 1.165) is 17.1 Å². The molecule has 0 atom stereocenters. The summed E-state index contributed by atoms with van der Waals surface area (Å²) in [5, 5.41) is 0. The molecule has 0 amide bonds. The number of methoxy groups -OCH3 is 2. The third-order valence-electron chi connectivity index (χ3n) is 4.04. The van der Waals surface area contributed by atoms with Gasteiger partial charge in [0, 0.05) is 12.5 Å². The van der Waals surface area contributed by atoms with Crippen molar-refractivity contribution in [2.45, 2.75) is 26.2 Å². The van der Waals surface area contributed by atoms with Crippen LogP contribution in [0, 0.1) is 6.92 Å². The largest absolute Gasteiger partial charge is 0.496 e. The van der Waals surface area contributed by atoms with Gasteiger partial charge in [0.2, 0.25) is 0 Å². The predicted molar refractivity (Wildman–Crippen MR) is 88.8 cm³/mol. The molecule has 0 spiro atoms. The number of hydrogen-bond donors (Lipinski definition) is 0. The van der Waals surface area contributed by atoms with E-state index in [1.165, 1.54) is 11.1 Å². The van der Waals surface area contributed by atoms with E-state index in [9.17, 15) is 0 Å². The van der Waals surface area contributed by atoms with Crippen molar-refractivity contribution in [2.75, 3.05) is 21.0 Å². The zero-order valence-corrected chi connectivity index (χ0v) is 14.0. The van der Waals surface area contributed by atoms with Crippen LogP contribution in [0.2, 0.25) is 0 Å². The van der Waals surface area contributed by atoms with Gasteiger partial charge in [-0.2, -0.15) is 0 Å². The quantitative estimate of drug-likeness (QED) is 0.744. The molecule has 2 aromatic rings. The van der Waals surface area contributed by atoms with Gasteiger partial charge in [0.05, 0.1) is 7.11 Å². The molecule has 2 aromatic carbocycles. The van der Waals surface area contributed by atoms with Gasteiger partial charge in [-0.3, -0.25) is 0 Å². The molecule has 3 nitrogen and oxygen atoms in total. The molecule has 0 fully saturated rings. The first-order valence-electron chi connectivity index (χ1n) is 7.36. The van der Waals surface area contributed by atoms with Gasteiger partial charge in [-0.15, -0.1) is 0 Å². The molecule has 0 aliphatic carbocycles. The van der Waals surface area contributed by atoms with E-state index in [1.54, 1.807) is 14.2 Å².